The third-order valence-electron chi connectivity index (χ3n) is 9.23. The minimum atomic E-state index is -1.55. The highest BCUT2D eigenvalue weighted by molar-refractivity contribution is 8.05. The van der Waals surface area contributed by atoms with Gasteiger partial charge in [0.2, 0.25) is 5.91 Å². The van der Waals surface area contributed by atoms with E-state index < -0.39 is 61.6 Å². The topological polar surface area (TPSA) is 189 Å². The summed E-state index contributed by atoms with van der Waals surface area (Å²) in [5.74, 6) is -3.67. The molecule has 3 aliphatic rings. The number of β-lactam (4-membered cyclic amide) rings is 1. The summed E-state index contributed by atoms with van der Waals surface area (Å²) < 4.78 is 4.39. The van der Waals surface area contributed by atoms with E-state index in [1.807, 2.05) is 0 Å². The summed E-state index contributed by atoms with van der Waals surface area (Å²) in [4.78, 5) is 93.4. The maximum atomic E-state index is 14.2. The van der Waals surface area contributed by atoms with Gasteiger partial charge in [-0.25, -0.2) is 4.79 Å². The highest BCUT2D eigenvalue weighted by Crippen LogP contribution is 2.59. The monoisotopic (exact) mass is 746 g/mol. The Balaban J connectivity index is 1.24. The zero-order valence-electron chi connectivity index (χ0n) is 28.1. The third-order valence-corrected chi connectivity index (χ3v) is 12.3. The Morgan fingerprint density at radius 1 is 0.981 bits per heavy atom. The molecule has 3 aromatic rings. The van der Waals surface area contributed by atoms with Gasteiger partial charge in [-0.2, -0.15) is 0 Å². The van der Waals surface area contributed by atoms with Crippen LogP contribution in [0.25, 0.3) is 0 Å². The molecule has 52 heavy (non-hydrogen) atoms. The van der Waals surface area contributed by atoms with E-state index in [1.54, 1.807) is 73.8 Å². The molecule has 15 nitrogen and oxygen atoms in total. The summed E-state index contributed by atoms with van der Waals surface area (Å²) in [6, 6.07) is 20.4. The molecule has 0 aromatic heterocycles. The summed E-state index contributed by atoms with van der Waals surface area (Å²) in [5, 5.41) is 15.8. The molecule has 0 bridgehead atoms. The van der Waals surface area contributed by atoms with Gasteiger partial charge >= 0.3 is 23.8 Å². The fraction of sp³-hybridized carbons (Fsp3) is 0.314. The minimum Gasteiger partial charge on any atom is -0.459 e. The summed E-state index contributed by atoms with van der Waals surface area (Å²) in [6.07, 6.45) is 1.65. The van der Waals surface area contributed by atoms with Crippen LogP contribution in [0.3, 0.4) is 0 Å². The highest BCUT2D eigenvalue weighted by atomic mass is 32.2. The average molecular weight is 747 g/mol. The van der Waals surface area contributed by atoms with Crippen molar-refractivity contribution in [3.63, 3.8) is 0 Å². The maximum Gasteiger partial charge on any atom is 0.329 e. The van der Waals surface area contributed by atoms with Crippen molar-refractivity contribution in [3.05, 3.63) is 112 Å². The van der Waals surface area contributed by atoms with Crippen molar-refractivity contribution in [2.75, 3.05) is 32.4 Å². The Kier molecular flexibility index (Phi) is 10.3. The first-order chi connectivity index (χ1) is 25.0. The molecule has 3 saturated heterocycles. The number of ether oxygens (including phenoxy) is 1. The average Bonchev–Trinajstić information content (AvgIpc) is 3.55. The van der Waals surface area contributed by atoms with Crippen molar-refractivity contribution in [1.29, 1.82) is 0 Å². The number of urea groups is 1. The van der Waals surface area contributed by atoms with Crippen LogP contribution in [0.5, 0.6) is 0 Å². The number of hydrogen-bond acceptors (Lipinski definition) is 11. The molecular formula is C35H34N6O9S2. The largest absolute Gasteiger partial charge is 0.459 e. The maximum absolute atomic E-state index is 14.2. The molecule has 3 aliphatic heterocycles. The molecule has 3 heterocycles. The van der Waals surface area contributed by atoms with Crippen LogP contribution in [0.4, 0.5) is 10.5 Å². The number of rotatable bonds is 11. The Morgan fingerprint density at radius 3 is 2.25 bits per heavy atom. The van der Waals surface area contributed by atoms with Gasteiger partial charge in [0.05, 0.1) is 11.5 Å². The number of imide groups is 1. The number of amides is 6. The first kappa shape index (κ1) is 36.4. The van der Waals surface area contributed by atoms with E-state index in [-0.39, 0.29) is 31.9 Å². The van der Waals surface area contributed by atoms with E-state index in [0.29, 0.717) is 23.2 Å². The van der Waals surface area contributed by atoms with Crippen LogP contribution in [0.15, 0.2) is 84.9 Å². The number of thioether (sulfide) groups is 2. The summed E-state index contributed by atoms with van der Waals surface area (Å²) in [5.41, 5.74) is 1.37. The molecule has 4 atom stereocenters. The van der Waals surface area contributed by atoms with Gasteiger partial charge in [-0.1, -0.05) is 60.7 Å². The zero-order chi connectivity index (χ0) is 37.2. The Bertz CT molecular complexity index is 1920. The van der Waals surface area contributed by atoms with Crippen LogP contribution >= 0.6 is 23.5 Å². The number of nitrogens with one attached hydrogen (secondary N) is 2. The lowest BCUT2D eigenvalue weighted by molar-refractivity contribution is -0.384. The molecule has 17 heteroatoms. The number of non-ortho nitro benzene ring substituents is 1. The van der Waals surface area contributed by atoms with Gasteiger partial charge in [0, 0.05) is 31.8 Å². The predicted octanol–water partition coefficient (Wildman–Crippen LogP) is 2.77. The van der Waals surface area contributed by atoms with Crippen LogP contribution in [-0.2, 0) is 40.1 Å². The first-order valence-electron chi connectivity index (χ1n) is 16.2. The van der Waals surface area contributed by atoms with Gasteiger partial charge in [0.1, 0.15) is 18.0 Å². The molecule has 3 fully saturated rings. The molecular weight excluding hydrogens is 713 g/mol. The number of nitro benzene ring substituents is 1. The second-order valence-electron chi connectivity index (χ2n) is 12.2. The quantitative estimate of drug-likeness (QED) is 0.0734. The van der Waals surface area contributed by atoms with Crippen LogP contribution in [0.2, 0.25) is 0 Å². The number of likely N-dealkylation sites (N-methyl/N-ethyl adjacent to an activating group) is 1. The zero-order valence-corrected chi connectivity index (χ0v) is 29.7. The second-order valence-corrected chi connectivity index (χ2v) is 14.6. The minimum absolute atomic E-state index is 0.0544. The number of esters is 1. The van der Waals surface area contributed by atoms with Crippen molar-refractivity contribution in [2.45, 2.75) is 34.6 Å². The first-order valence-corrected chi connectivity index (χ1v) is 18.3. The molecule has 1 unspecified atom stereocenters. The van der Waals surface area contributed by atoms with Crippen LogP contribution in [0, 0.1) is 10.1 Å². The number of nitrogens with zero attached hydrogens (tertiary/aromatic N) is 4. The second kappa shape index (κ2) is 14.7. The lowest BCUT2D eigenvalue weighted by atomic mass is 9.95. The molecule has 0 aliphatic carbocycles. The van der Waals surface area contributed by atoms with Gasteiger partial charge in [0.25, 0.3) is 11.6 Å². The normalized spacial score (nSPS) is 23.0. The third kappa shape index (κ3) is 6.45. The molecule has 270 valence electrons. The molecule has 0 spiro atoms. The summed E-state index contributed by atoms with van der Waals surface area (Å²) >= 11 is 2.24. The van der Waals surface area contributed by atoms with Gasteiger partial charge in [-0.05, 0) is 42.0 Å². The van der Waals surface area contributed by atoms with E-state index in [1.165, 1.54) is 34.1 Å². The van der Waals surface area contributed by atoms with Crippen molar-refractivity contribution in [3.8, 4) is 0 Å². The van der Waals surface area contributed by atoms with E-state index in [4.69, 9.17) is 4.74 Å². The van der Waals surface area contributed by atoms with Crippen LogP contribution in [0.1, 0.15) is 29.7 Å². The van der Waals surface area contributed by atoms with Crippen molar-refractivity contribution >= 4 is 64.8 Å². The lowest BCUT2D eigenvalue weighted by Gasteiger charge is -2.51. The number of carbonyl (C=O) groups is 6. The van der Waals surface area contributed by atoms with E-state index in [9.17, 15) is 38.9 Å². The highest BCUT2D eigenvalue weighted by Gasteiger charge is 2.71. The standard InChI is InChI=1S/C35H34N6O9S2/c1-3-38-18-19-39(29(44)28(38)43)33(47)36-26(23-10-6-4-7-11-23)27(42)37-35(51-2)30(45)40-21-34(52-31(35)40,24-12-8-5-9-13-24)32(46)50-20-22-14-16-25(17-15-22)41(48)49/h4-17,26,31H,3,18-21H2,1-2H3,(H,36,47)(H,37,42)/t26-,31-,34+,35?/m1/s1. The van der Waals surface area contributed by atoms with Gasteiger partial charge in [-0.15, -0.1) is 23.5 Å². The number of hydrogen-bond donors (Lipinski definition) is 2. The lowest BCUT2D eigenvalue weighted by Crippen LogP contribution is -2.76. The Hall–Kier alpha value is -5.42. The summed E-state index contributed by atoms with van der Waals surface area (Å²) in [7, 11) is 0. The van der Waals surface area contributed by atoms with Crippen molar-refractivity contribution in [1.82, 2.24) is 25.3 Å². The number of fused-ring (bicyclic) bond motifs is 1. The van der Waals surface area contributed by atoms with Crippen molar-refractivity contribution in [2.24, 2.45) is 0 Å². The van der Waals surface area contributed by atoms with E-state index in [2.05, 4.69) is 10.6 Å². The van der Waals surface area contributed by atoms with Gasteiger partial charge < -0.3 is 25.2 Å². The van der Waals surface area contributed by atoms with Crippen molar-refractivity contribution < 1.29 is 38.4 Å². The molecule has 0 radical (unpaired) electrons. The number of carbonyl (C=O) groups excluding carboxylic acids is 6. The predicted molar refractivity (Wildman–Crippen MR) is 190 cm³/mol. The molecule has 3 aromatic carbocycles. The smallest absolute Gasteiger partial charge is 0.329 e. The molecule has 0 saturated carbocycles. The van der Waals surface area contributed by atoms with E-state index >= 15 is 0 Å². The van der Waals surface area contributed by atoms with Gasteiger partial charge in [-0.3, -0.25) is 39.0 Å². The van der Waals surface area contributed by atoms with Crippen LogP contribution < -0.4 is 10.6 Å². The van der Waals surface area contributed by atoms with E-state index in [0.717, 1.165) is 28.4 Å². The number of piperazine rings is 1. The number of nitro groups is 1. The molecule has 2 N–H and O–H groups in total. The fourth-order valence-corrected chi connectivity index (χ4v) is 9.25. The molecule has 6 rings (SSSR count). The number of benzene rings is 3. The SMILES string of the molecule is CCN1CCN(C(=O)N[C@@H](C(=O)NC2(SC)C(=O)N3C[C@@](C(=O)OCc4ccc([N+](=O)[O-])cc4)(c4ccccc4)S[C@@H]32)c2ccccc2)C(=O)C1=O. The Morgan fingerprint density at radius 2 is 1.63 bits per heavy atom. The fourth-order valence-electron chi connectivity index (χ4n) is 6.35. The molecule has 6 amide bonds. The van der Waals surface area contributed by atoms with Gasteiger partial charge in [0.15, 0.2) is 9.62 Å². The summed E-state index contributed by atoms with van der Waals surface area (Å²) in [6.45, 7) is 1.89. The Labute approximate surface area is 306 Å². The van der Waals surface area contributed by atoms with Crippen LogP contribution in [-0.4, -0.2) is 97.9 Å².